The van der Waals surface area contributed by atoms with E-state index in [1.807, 2.05) is 13.0 Å². The third kappa shape index (κ3) is 6.10. The zero-order valence-electron chi connectivity index (χ0n) is 18.9. The van der Waals surface area contributed by atoms with E-state index in [2.05, 4.69) is 20.8 Å². The molecule has 3 rings (SSSR count). The van der Waals surface area contributed by atoms with Gasteiger partial charge in [0.05, 0.1) is 11.6 Å². The zero-order chi connectivity index (χ0) is 25.1. The van der Waals surface area contributed by atoms with Gasteiger partial charge in [0.2, 0.25) is 6.10 Å². The van der Waals surface area contributed by atoms with Crippen molar-refractivity contribution in [3.05, 3.63) is 35.2 Å². The van der Waals surface area contributed by atoms with Crippen molar-refractivity contribution in [2.75, 3.05) is 25.0 Å². The molecular formula is C21H27ClF3N5O4. The van der Waals surface area contributed by atoms with Gasteiger partial charge in [0.1, 0.15) is 0 Å². The molecule has 1 amide bonds. The van der Waals surface area contributed by atoms with Crippen LogP contribution in [0.4, 0.5) is 29.7 Å². The maximum absolute atomic E-state index is 12.8. The molecule has 0 saturated carbocycles. The van der Waals surface area contributed by atoms with Crippen LogP contribution >= 0.6 is 11.6 Å². The van der Waals surface area contributed by atoms with E-state index in [0.717, 1.165) is 11.1 Å². The number of carbonyl (C=O) groups is 1. The minimum Gasteiger partial charge on any atom is -0.447 e. The highest BCUT2D eigenvalue weighted by atomic mass is 35.5. The lowest BCUT2D eigenvalue weighted by atomic mass is 9.88. The SMILES string of the molecule is CC(C)OC(=O)N1CCNC[C@]1(C)Cc1cc(CCl)ccc1Nc1nnc(C(O)C(F)(F)F)o1. The van der Waals surface area contributed by atoms with Gasteiger partial charge < -0.3 is 24.9 Å². The van der Waals surface area contributed by atoms with Gasteiger partial charge in [0.25, 0.3) is 5.89 Å². The fourth-order valence-corrected chi connectivity index (χ4v) is 3.87. The van der Waals surface area contributed by atoms with E-state index in [0.29, 0.717) is 31.7 Å². The van der Waals surface area contributed by atoms with Crippen molar-refractivity contribution in [1.82, 2.24) is 20.4 Å². The van der Waals surface area contributed by atoms with Crippen molar-refractivity contribution >= 4 is 29.4 Å². The highest BCUT2D eigenvalue weighted by molar-refractivity contribution is 6.17. The Bertz CT molecular complexity index is 1000. The predicted octanol–water partition coefficient (Wildman–Crippen LogP) is 3.90. The predicted molar refractivity (Wildman–Crippen MR) is 118 cm³/mol. The molecule has 9 nitrogen and oxygen atoms in total. The summed E-state index contributed by atoms with van der Waals surface area (Å²) < 4.78 is 48.6. The van der Waals surface area contributed by atoms with E-state index < -0.39 is 29.8 Å². The van der Waals surface area contributed by atoms with Gasteiger partial charge in [-0.1, -0.05) is 17.2 Å². The Labute approximate surface area is 199 Å². The van der Waals surface area contributed by atoms with E-state index in [9.17, 15) is 23.1 Å². The van der Waals surface area contributed by atoms with Crippen LogP contribution in [0.15, 0.2) is 22.6 Å². The summed E-state index contributed by atoms with van der Waals surface area (Å²) in [6.45, 7) is 7.02. The van der Waals surface area contributed by atoms with Crippen molar-refractivity contribution < 1.29 is 32.2 Å². The molecule has 188 valence electrons. The number of carbonyl (C=O) groups excluding carboxylic acids is 1. The highest BCUT2D eigenvalue weighted by Gasteiger charge is 2.43. The van der Waals surface area contributed by atoms with Crippen LogP contribution in [0, 0.1) is 0 Å². The lowest BCUT2D eigenvalue weighted by Gasteiger charge is -2.45. The summed E-state index contributed by atoms with van der Waals surface area (Å²) in [6.07, 6.45) is -8.16. The van der Waals surface area contributed by atoms with Crippen LogP contribution in [0.1, 0.15) is 43.9 Å². The van der Waals surface area contributed by atoms with Crippen molar-refractivity contribution in [3.8, 4) is 0 Å². The quantitative estimate of drug-likeness (QED) is 0.486. The minimum absolute atomic E-state index is 0.240. The Balaban J connectivity index is 1.88. The van der Waals surface area contributed by atoms with E-state index >= 15 is 0 Å². The number of piperazine rings is 1. The van der Waals surface area contributed by atoms with Crippen LogP contribution in [-0.4, -0.2) is 63.8 Å². The van der Waals surface area contributed by atoms with Crippen molar-refractivity contribution in [1.29, 1.82) is 0 Å². The Kier molecular flexibility index (Phi) is 7.94. The Morgan fingerprint density at radius 3 is 2.79 bits per heavy atom. The second-order valence-corrected chi connectivity index (χ2v) is 8.84. The molecule has 0 bridgehead atoms. The molecule has 0 aliphatic carbocycles. The Morgan fingerprint density at radius 2 is 2.15 bits per heavy atom. The molecule has 3 N–H and O–H groups in total. The second-order valence-electron chi connectivity index (χ2n) is 8.57. The first kappa shape index (κ1) is 26.0. The molecule has 1 fully saturated rings. The molecular weight excluding hydrogens is 479 g/mol. The Morgan fingerprint density at radius 1 is 1.41 bits per heavy atom. The topological polar surface area (TPSA) is 113 Å². The third-order valence-electron chi connectivity index (χ3n) is 5.35. The van der Waals surface area contributed by atoms with Crippen LogP contribution in [0.3, 0.4) is 0 Å². The number of nitrogens with zero attached hydrogens (tertiary/aromatic N) is 3. The van der Waals surface area contributed by atoms with Gasteiger partial charge in [-0.3, -0.25) is 4.90 Å². The molecule has 2 aromatic rings. The maximum atomic E-state index is 12.8. The summed E-state index contributed by atoms with van der Waals surface area (Å²) in [6, 6.07) is 4.95. The number of ether oxygens (including phenoxy) is 1. The molecule has 1 aromatic heterocycles. The zero-order valence-corrected chi connectivity index (χ0v) is 19.7. The summed E-state index contributed by atoms with van der Waals surface area (Å²) >= 11 is 6.01. The van der Waals surface area contributed by atoms with Gasteiger partial charge in [-0.2, -0.15) is 13.2 Å². The maximum Gasteiger partial charge on any atom is 0.423 e. The lowest BCUT2D eigenvalue weighted by molar-refractivity contribution is -0.213. The number of anilines is 2. The van der Waals surface area contributed by atoms with E-state index in [-0.39, 0.29) is 18.0 Å². The molecule has 1 aliphatic heterocycles. The third-order valence-corrected chi connectivity index (χ3v) is 5.66. The van der Waals surface area contributed by atoms with Gasteiger partial charge in [-0.25, -0.2) is 4.79 Å². The summed E-state index contributed by atoms with van der Waals surface area (Å²) in [7, 11) is 0. The van der Waals surface area contributed by atoms with E-state index in [1.54, 1.807) is 30.9 Å². The largest absolute Gasteiger partial charge is 0.447 e. The molecule has 1 saturated heterocycles. The number of aliphatic hydroxyl groups excluding tert-OH is 1. The van der Waals surface area contributed by atoms with Gasteiger partial charge in [0.15, 0.2) is 0 Å². The van der Waals surface area contributed by atoms with Gasteiger partial charge in [0, 0.05) is 31.2 Å². The first-order valence-electron chi connectivity index (χ1n) is 10.6. The number of benzene rings is 1. The van der Waals surface area contributed by atoms with Gasteiger partial charge in [-0.05, 0) is 44.4 Å². The number of alkyl halides is 4. The van der Waals surface area contributed by atoms with Gasteiger partial charge >= 0.3 is 18.3 Å². The number of rotatable bonds is 7. The fraction of sp³-hybridized carbons (Fsp3) is 0.571. The standard InChI is InChI=1S/C21H27ClF3N5O4/c1-12(2)33-19(32)30-7-6-26-11-20(30,3)9-14-8-13(10-22)4-5-15(14)27-18-29-28-17(34-18)16(31)21(23,24)25/h4-5,8,12,16,26,31H,6-7,9-11H2,1-3H3,(H,27,29)/t16?,20-/m0/s1. The summed E-state index contributed by atoms with van der Waals surface area (Å²) in [5, 5.41) is 22.3. The Hall–Kier alpha value is -2.57. The average Bonchev–Trinajstić information content (AvgIpc) is 3.21. The van der Waals surface area contributed by atoms with Crippen molar-refractivity contribution in [2.45, 2.75) is 57.0 Å². The summed E-state index contributed by atoms with van der Waals surface area (Å²) in [5.74, 6) is -0.732. The summed E-state index contributed by atoms with van der Waals surface area (Å²) in [4.78, 5) is 14.4. The van der Waals surface area contributed by atoms with Crippen LogP contribution < -0.4 is 10.6 Å². The molecule has 1 unspecified atom stereocenters. The van der Waals surface area contributed by atoms with E-state index in [4.69, 9.17) is 20.8 Å². The van der Waals surface area contributed by atoms with Gasteiger partial charge in [-0.15, -0.1) is 16.7 Å². The normalized spacial score (nSPS) is 19.9. The molecule has 1 aliphatic rings. The number of nitrogens with one attached hydrogen (secondary N) is 2. The first-order valence-corrected chi connectivity index (χ1v) is 11.2. The van der Waals surface area contributed by atoms with Crippen LogP contribution in [-0.2, 0) is 17.0 Å². The number of halogens is 4. The number of aromatic nitrogens is 2. The number of hydrogen-bond acceptors (Lipinski definition) is 8. The molecule has 0 radical (unpaired) electrons. The smallest absolute Gasteiger partial charge is 0.423 e. The fourth-order valence-electron chi connectivity index (χ4n) is 3.71. The van der Waals surface area contributed by atoms with Crippen molar-refractivity contribution in [3.63, 3.8) is 0 Å². The molecule has 1 aromatic carbocycles. The number of aliphatic hydroxyl groups is 1. The van der Waals surface area contributed by atoms with Crippen LogP contribution in [0.25, 0.3) is 0 Å². The molecule has 2 atom stereocenters. The molecule has 0 spiro atoms. The lowest BCUT2D eigenvalue weighted by Crippen LogP contribution is -2.62. The highest BCUT2D eigenvalue weighted by Crippen LogP contribution is 2.34. The summed E-state index contributed by atoms with van der Waals surface area (Å²) in [5.41, 5.74) is 1.35. The number of hydrogen-bond donors (Lipinski definition) is 3. The van der Waals surface area contributed by atoms with E-state index in [1.165, 1.54) is 0 Å². The monoisotopic (exact) mass is 505 g/mol. The van der Waals surface area contributed by atoms with Crippen LogP contribution in [0.5, 0.6) is 0 Å². The minimum atomic E-state index is -4.94. The molecule has 34 heavy (non-hydrogen) atoms. The van der Waals surface area contributed by atoms with Crippen molar-refractivity contribution in [2.24, 2.45) is 0 Å². The second kappa shape index (κ2) is 10.4. The average molecular weight is 506 g/mol. The first-order chi connectivity index (χ1) is 15.9. The molecule has 2 heterocycles. The molecule has 13 heteroatoms. The van der Waals surface area contributed by atoms with Crippen LogP contribution in [0.2, 0.25) is 0 Å². The number of amides is 1.